The first-order valence-electron chi connectivity index (χ1n) is 7.18. The topological polar surface area (TPSA) is 28.2 Å². The summed E-state index contributed by atoms with van der Waals surface area (Å²) in [6.07, 6.45) is 1.84. The maximum atomic E-state index is 5.58. The number of thiocarbonyl (C=S) groups is 1. The summed E-state index contributed by atoms with van der Waals surface area (Å²) in [4.78, 5) is 8.17. The largest absolute Gasteiger partial charge is 0.352 e. The average molecular weight is 317 g/mol. The predicted molar refractivity (Wildman–Crippen MR) is 91.3 cm³/mol. The van der Waals surface area contributed by atoms with Crippen molar-refractivity contribution in [3.05, 3.63) is 52.5 Å². The normalized spacial score (nSPS) is 21.9. The molecule has 0 radical (unpaired) electrons. The highest BCUT2D eigenvalue weighted by Crippen LogP contribution is 2.40. The predicted octanol–water partition coefficient (Wildman–Crippen LogP) is 3.77. The molecule has 3 nitrogen and oxygen atoms in total. The Morgan fingerprint density at radius 2 is 2.19 bits per heavy atom. The quantitative estimate of drug-likeness (QED) is 0.869. The van der Waals surface area contributed by atoms with E-state index in [4.69, 9.17) is 12.2 Å². The molecule has 5 heteroatoms. The molecule has 0 aromatic carbocycles. The molecule has 0 aliphatic carbocycles. The van der Waals surface area contributed by atoms with E-state index >= 15 is 0 Å². The van der Waals surface area contributed by atoms with Crippen molar-refractivity contribution < 1.29 is 0 Å². The van der Waals surface area contributed by atoms with Gasteiger partial charge >= 0.3 is 0 Å². The van der Waals surface area contributed by atoms with Crippen LogP contribution in [0.3, 0.4) is 0 Å². The number of rotatable bonds is 4. The van der Waals surface area contributed by atoms with Crippen molar-refractivity contribution in [2.75, 3.05) is 6.54 Å². The second-order valence-electron chi connectivity index (χ2n) is 5.69. The summed E-state index contributed by atoms with van der Waals surface area (Å²) in [7, 11) is 0. The van der Waals surface area contributed by atoms with Gasteiger partial charge in [-0.1, -0.05) is 26.0 Å². The minimum absolute atomic E-state index is 0.121. The fourth-order valence-corrected chi connectivity index (χ4v) is 3.95. The smallest absolute Gasteiger partial charge is 0.170 e. The SMILES string of the molecule is CC(C)CN1C(=S)N[C@H](c2ccccn2)[C@H]1c1cccs1. The Kier molecular flexibility index (Phi) is 4.22. The number of nitrogens with zero attached hydrogens (tertiary/aromatic N) is 2. The fourth-order valence-electron chi connectivity index (χ4n) is 2.76. The van der Waals surface area contributed by atoms with Gasteiger partial charge in [0.2, 0.25) is 0 Å². The molecule has 1 aliphatic rings. The van der Waals surface area contributed by atoms with Gasteiger partial charge in [0.15, 0.2) is 5.11 Å². The molecule has 2 aromatic rings. The molecule has 21 heavy (non-hydrogen) atoms. The van der Waals surface area contributed by atoms with Crippen molar-refractivity contribution in [1.29, 1.82) is 0 Å². The first-order chi connectivity index (χ1) is 10.2. The highest BCUT2D eigenvalue weighted by atomic mass is 32.1. The van der Waals surface area contributed by atoms with Gasteiger partial charge in [-0.15, -0.1) is 11.3 Å². The molecule has 2 aromatic heterocycles. The molecular weight excluding hydrogens is 298 g/mol. The van der Waals surface area contributed by atoms with Crippen LogP contribution < -0.4 is 5.32 Å². The Morgan fingerprint density at radius 3 is 2.81 bits per heavy atom. The summed E-state index contributed by atoms with van der Waals surface area (Å²) in [5.74, 6) is 0.565. The number of hydrogen-bond donors (Lipinski definition) is 1. The van der Waals surface area contributed by atoms with Crippen LogP contribution in [0.15, 0.2) is 41.9 Å². The Bertz CT molecular complexity index is 595. The summed E-state index contributed by atoms with van der Waals surface area (Å²) >= 11 is 7.36. The summed E-state index contributed by atoms with van der Waals surface area (Å²) < 4.78 is 0. The third-order valence-electron chi connectivity index (χ3n) is 3.59. The molecule has 3 heterocycles. The van der Waals surface area contributed by atoms with Crippen LogP contribution in [0, 0.1) is 5.92 Å². The van der Waals surface area contributed by atoms with E-state index < -0.39 is 0 Å². The second kappa shape index (κ2) is 6.12. The number of hydrogen-bond acceptors (Lipinski definition) is 3. The first-order valence-corrected chi connectivity index (χ1v) is 8.47. The summed E-state index contributed by atoms with van der Waals surface area (Å²) in [5.41, 5.74) is 1.05. The van der Waals surface area contributed by atoms with Gasteiger partial charge in [-0.25, -0.2) is 0 Å². The monoisotopic (exact) mass is 317 g/mol. The number of aromatic nitrogens is 1. The van der Waals surface area contributed by atoms with Crippen molar-refractivity contribution in [2.24, 2.45) is 5.92 Å². The number of nitrogens with one attached hydrogen (secondary N) is 1. The van der Waals surface area contributed by atoms with E-state index in [0.29, 0.717) is 5.92 Å². The second-order valence-corrected chi connectivity index (χ2v) is 7.05. The molecule has 110 valence electrons. The lowest BCUT2D eigenvalue weighted by Gasteiger charge is -2.28. The molecule has 0 bridgehead atoms. The molecule has 0 spiro atoms. The van der Waals surface area contributed by atoms with Crippen LogP contribution in [0.1, 0.15) is 36.5 Å². The maximum Gasteiger partial charge on any atom is 0.170 e. The molecule has 0 amide bonds. The van der Waals surface area contributed by atoms with E-state index in [2.05, 4.69) is 52.6 Å². The number of thiophene rings is 1. The number of pyridine rings is 1. The lowest BCUT2D eigenvalue weighted by molar-refractivity contribution is 0.291. The Hall–Kier alpha value is -1.46. The van der Waals surface area contributed by atoms with Crippen LogP contribution in [0.2, 0.25) is 0 Å². The molecule has 2 atom stereocenters. The molecule has 0 unspecified atom stereocenters. The third-order valence-corrected chi connectivity index (χ3v) is 4.89. The molecular formula is C16H19N3S2. The fraction of sp³-hybridized carbons (Fsp3) is 0.375. The average Bonchev–Trinajstić information content (AvgIpc) is 3.08. The van der Waals surface area contributed by atoms with E-state index in [1.165, 1.54) is 4.88 Å². The molecule has 1 fully saturated rings. The van der Waals surface area contributed by atoms with Crippen LogP contribution in [-0.4, -0.2) is 21.5 Å². The van der Waals surface area contributed by atoms with Gasteiger partial charge in [0.25, 0.3) is 0 Å². The zero-order chi connectivity index (χ0) is 14.8. The van der Waals surface area contributed by atoms with E-state index in [9.17, 15) is 0 Å². The molecule has 3 rings (SSSR count). The minimum Gasteiger partial charge on any atom is -0.352 e. The molecule has 1 N–H and O–H groups in total. The van der Waals surface area contributed by atoms with E-state index in [-0.39, 0.29) is 12.1 Å². The van der Waals surface area contributed by atoms with Crippen molar-refractivity contribution >= 4 is 28.7 Å². The van der Waals surface area contributed by atoms with Crippen molar-refractivity contribution in [1.82, 2.24) is 15.2 Å². The van der Waals surface area contributed by atoms with Gasteiger partial charge < -0.3 is 10.2 Å². The highest BCUT2D eigenvalue weighted by Gasteiger charge is 2.40. The van der Waals surface area contributed by atoms with Crippen LogP contribution >= 0.6 is 23.6 Å². The zero-order valence-electron chi connectivity index (χ0n) is 12.2. The van der Waals surface area contributed by atoms with E-state index in [1.807, 2.05) is 18.3 Å². The van der Waals surface area contributed by atoms with Crippen molar-refractivity contribution in [3.8, 4) is 0 Å². The van der Waals surface area contributed by atoms with Gasteiger partial charge in [-0.3, -0.25) is 4.98 Å². The van der Waals surface area contributed by atoms with Crippen molar-refractivity contribution in [2.45, 2.75) is 25.9 Å². The van der Waals surface area contributed by atoms with Gasteiger partial charge in [0.05, 0.1) is 17.8 Å². The van der Waals surface area contributed by atoms with Gasteiger partial charge in [-0.05, 0) is 41.7 Å². The first kappa shape index (κ1) is 14.5. The van der Waals surface area contributed by atoms with Gasteiger partial charge in [0, 0.05) is 17.6 Å². The standard InChI is InChI=1S/C16H19N3S2/c1-11(2)10-19-15(13-7-5-9-21-13)14(18-16(19)20)12-6-3-4-8-17-12/h3-9,11,14-15H,10H2,1-2H3,(H,18,20)/t14-,15-/m1/s1. The lowest BCUT2D eigenvalue weighted by atomic mass is 10.0. The van der Waals surface area contributed by atoms with Crippen LogP contribution in [0.5, 0.6) is 0 Å². The van der Waals surface area contributed by atoms with Crippen molar-refractivity contribution in [3.63, 3.8) is 0 Å². The minimum atomic E-state index is 0.121. The summed E-state index contributed by atoms with van der Waals surface area (Å²) in [5, 5.41) is 6.42. The molecule has 1 aliphatic heterocycles. The Balaban J connectivity index is 1.98. The van der Waals surface area contributed by atoms with Gasteiger partial charge in [0.1, 0.15) is 0 Å². The Labute approximate surface area is 135 Å². The van der Waals surface area contributed by atoms with E-state index in [0.717, 1.165) is 17.4 Å². The highest BCUT2D eigenvalue weighted by molar-refractivity contribution is 7.80. The van der Waals surface area contributed by atoms with Crippen LogP contribution in [0.25, 0.3) is 0 Å². The van der Waals surface area contributed by atoms with Gasteiger partial charge in [-0.2, -0.15) is 0 Å². The molecule has 0 saturated carbocycles. The summed E-state index contributed by atoms with van der Waals surface area (Å²) in [6.45, 7) is 5.40. The zero-order valence-corrected chi connectivity index (χ0v) is 13.8. The lowest BCUT2D eigenvalue weighted by Crippen LogP contribution is -2.32. The third kappa shape index (κ3) is 2.94. The maximum absolute atomic E-state index is 5.58. The van der Waals surface area contributed by atoms with Crippen LogP contribution in [0.4, 0.5) is 0 Å². The van der Waals surface area contributed by atoms with Crippen LogP contribution in [-0.2, 0) is 0 Å². The molecule has 1 saturated heterocycles. The summed E-state index contributed by atoms with van der Waals surface area (Å²) in [6, 6.07) is 10.7. The Morgan fingerprint density at radius 1 is 1.33 bits per heavy atom. The van der Waals surface area contributed by atoms with E-state index in [1.54, 1.807) is 11.3 Å².